The molecule has 11 heteroatoms. The number of hydrogen-bond donors (Lipinski definition) is 4. The van der Waals surface area contributed by atoms with Crippen LogP contribution in [-0.2, 0) is 4.74 Å². The number of aromatic nitrogens is 4. The summed E-state index contributed by atoms with van der Waals surface area (Å²) in [6, 6.07) is 9.68. The first-order valence-electron chi connectivity index (χ1n) is 10.6. The van der Waals surface area contributed by atoms with E-state index in [0.29, 0.717) is 17.0 Å². The topological polar surface area (TPSA) is 135 Å². The quantitative estimate of drug-likeness (QED) is 0.403. The van der Waals surface area contributed by atoms with Gasteiger partial charge in [0.15, 0.2) is 23.2 Å². The third kappa shape index (κ3) is 3.89. The molecule has 0 bridgehead atoms. The largest absolute Gasteiger partial charge is 0.488 e. The average Bonchev–Trinajstić information content (AvgIpc) is 3.48. The zero-order chi connectivity index (χ0) is 22.2. The van der Waals surface area contributed by atoms with Gasteiger partial charge in [-0.2, -0.15) is 9.97 Å². The SMILES string of the molecule is OC[C@H]1O[C@@H](n2cnc3c(N[C@H]4CCC[C@H]4Oc4ccccc4)nc(Cl)nc32)[C@H](O)[C@@H]1O. The number of benzene rings is 1. The summed E-state index contributed by atoms with van der Waals surface area (Å²) in [5, 5.41) is 33.3. The highest BCUT2D eigenvalue weighted by atomic mass is 35.5. The summed E-state index contributed by atoms with van der Waals surface area (Å²) in [4.78, 5) is 13.0. The Morgan fingerprint density at radius 2 is 1.97 bits per heavy atom. The number of fused-ring (bicyclic) bond motifs is 1. The lowest BCUT2D eigenvalue weighted by Crippen LogP contribution is -2.33. The number of imidazole rings is 1. The van der Waals surface area contributed by atoms with Crippen LogP contribution in [0.5, 0.6) is 5.75 Å². The van der Waals surface area contributed by atoms with Gasteiger partial charge in [-0.05, 0) is 43.0 Å². The first-order valence-corrected chi connectivity index (χ1v) is 10.9. The van der Waals surface area contributed by atoms with E-state index in [9.17, 15) is 15.3 Å². The van der Waals surface area contributed by atoms with Gasteiger partial charge in [0.25, 0.3) is 0 Å². The number of nitrogens with one attached hydrogen (secondary N) is 1. The van der Waals surface area contributed by atoms with E-state index in [2.05, 4.69) is 20.3 Å². The maximum atomic E-state index is 10.4. The summed E-state index contributed by atoms with van der Waals surface area (Å²) in [6.07, 6.45) is -0.129. The molecule has 0 spiro atoms. The lowest BCUT2D eigenvalue weighted by Gasteiger charge is -2.23. The van der Waals surface area contributed by atoms with Gasteiger partial charge in [0.2, 0.25) is 5.28 Å². The lowest BCUT2D eigenvalue weighted by molar-refractivity contribution is -0.0511. The average molecular weight is 462 g/mol. The number of nitrogens with zero attached hydrogens (tertiary/aromatic N) is 4. The zero-order valence-electron chi connectivity index (χ0n) is 17.1. The van der Waals surface area contributed by atoms with Crippen LogP contribution in [0, 0.1) is 0 Å². The third-order valence-corrected chi connectivity index (χ3v) is 6.16. The number of halogens is 1. The van der Waals surface area contributed by atoms with Gasteiger partial charge in [-0.1, -0.05) is 18.2 Å². The highest BCUT2D eigenvalue weighted by Gasteiger charge is 2.44. The van der Waals surface area contributed by atoms with E-state index in [-0.39, 0.29) is 17.4 Å². The Bertz CT molecular complexity index is 1080. The Balaban J connectivity index is 1.42. The Kier molecular flexibility index (Phi) is 5.87. The van der Waals surface area contributed by atoms with Crippen molar-refractivity contribution in [2.45, 2.75) is 55.9 Å². The zero-order valence-corrected chi connectivity index (χ0v) is 17.8. The molecule has 5 rings (SSSR count). The highest BCUT2D eigenvalue weighted by Crippen LogP contribution is 2.34. The number of aliphatic hydroxyl groups excluding tert-OH is 3. The van der Waals surface area contributed by atoms with Crippen LogP contribution in [0.3, 0.4) is 0 Å². The van der Waals surface area contributed by atoms with Gasteiger partial charge in [-0.25, -0.2) is 4.98 Å². The van der Waals surface area contributed by atoms with Crippen LogP contribution < -0.4 is 10.1 Å². The molecule has 170 valence electrons. The van der Waals surface area contributed by atoms with Gasteiger partial charge in [-0.15, -0.1) is 0 Å². The Labute approximate surface area is 188 Å². The second kappa shape index (κ2) is 8.80. The van der Waals surface area contributed by atoms with Crippen LogP contribution >= 0.6 is 11.6 Å². The van der Waals surface area contributed by atoms with Crippen molar-refractivity contribution in [3.05, 3.63) is 41.9 Å². The van der Waals surface area contributed by atoms with Crippen LogP contribution in [0.25, 0.3) is 11.2 Å². The van der Waals surface area contributed by atoms with Crippen LogP contribution in [0.2, 0.25) is 5.28 Å². The summed E-state index contributed by atoms with van der Waals surface area (Å²) in [7, 11) is 0. The molecule has 32 heavy (non-hydrogen) atoms. The monoisotopic (exact) mass is 461 g/mol. The van der Waals surface area contributed by atoms with E-state index in [1.165, 1.54) is 10.9 Å². The molecule has 2 fully saturated rings. The van der Waals surface area contributed by atoms with E-state index in [1.54, 1.807) is 0 Å². The minimum atomic E-state index is -1.26. The molecule has 1 saturated carbocycles. The van der Waals surface area contributed by atoms with Crippen molar-refractivity contribution in [2.24, 2.45) is 0 Å². The first kappa shape index (κ1) is 21.4. The molecule has 2 aliphatic rings. The van der Waals surface area contributed by atoms with Gasteiger partial charge in [0.1, 0.15) is 30.2 Å². The molecule has 1 saturated heterocycles. The summed E-state index contributed by atoms with van der Waals surface area (Å²) >= 11 is 6.20. The number of para-hydroxylation sites is 1. The molecule has 0 amide bonds. The van der Waals surface area contributed by atoms with E-state index in [4.69, 9.17) is 21.1 Å². The van der Waals surface area contributed by atoms with Crippen LogP contribution in [0.1, 0.15) is 25.5 Å². The molecule has 3 heterocycles. The number of aliphatic hydroxyl groups is 3. The fourth-order valence-electron chi connectivity index (χ4n) is 4.37. The minimum absolute atomic E-state index is 0.00318. The molecule has 0 unspecified atom stereocenters. The van der Waals surface area contributed by atoms with E-state index in [0.717, 1.165) is 25.0 Å². The molecule has 10 nitrogen and oxygen atoms in total. The first-order chi connectivity index (χ1) is 15.5. The Hall–Kier alpha value is -2.50. The van der Waals surface area contributed by atoms with Gasteiger partial charge >= 0.3 is 0 Å². The molecular weight excluding hydrogens is 438 g/mol. The number of rotatable bonds is 6. The highest BCUT2D eigenvalue weighted by molar-refractivity contribution is 6.28. The van der Waals surface area contributed by atoms with Crippen LogP contribution in [-0.4, -0.2) is 71.9 Å². The van der Waals surface area contributed by atoms with Crippen molar-refractivity contribution in [3.8, 4) is 5.75 Å². The molecule has 3 aromatic rings. The fourth-order valence-corrected chi connectivity index (χ4v) is 4.53. The standard InChI is InChI=1S/C21H24ClN5O5/c22-21-25-18(24-12-7-4-8-13(12)31-11-5-2-1-3-6-11)15-19(26-21)27(10-23-15)20-17(30)16(29)14(9-28)32-20/h1-3,5-6,10,12-14,16-17,20,28-30H,4,7-9H2,(H,24,25,26)/t12-,13+,14+,16+,17+,20+/m0/s1. The van der Waals surface area contributed by atoms with E-state index in [1.807, 2.05) is 30.3 Å². The molecule has 4 N–H and O–H groups in total. The molecule has 6 atom stereocenters. The van der Waals surface area contributed by atoms with Gasteiger partial charge in [0, 0.05) is 0 Å². The summed E-state index contributed by atoms with van der Waals surface area (Å²) in [5.41, 5.74) is 0.804. The van der Waals surface area contributed by atoms with E-state index < -0.39 is 31.1 Å². The normalized spacial score (nSPS) is 30.1. The van der Waals surface area contributed by atoms with Crippen molar-refractivity contribution in [1.82, 2.24) is 19.5 Å². The maximum absolute atomic E-state index is 10.4. The fraction of sp³-hybridized carbons (Fsp3) is 0.476. The molecular formula is C21H24ClN5O5. The molecule has 2 aromatic heterocycles. The molecule has 1 aliphatic heterocycles. The number of hydrogen-bond acceptors (Lipinski definition) is 9. The predicted molar refractivity (Wildman–Crippen MR) is 115 cm³/mol. The third-order valence-electron chi connectivity index (χ3n) is 5.99. The smallest absolute Gasteiger partial charge is 0.226 e. The number of ether oxygens (including phenoxy) is 2. The maximum Gasteiger partial charge on any atom is 0.226 e. The predicted octanol–water partition coefficient (Wildman–Crippen LogP) is 1.50. The van der Waals surface area contributed by atoms with Crippen LogP contribution in [0.15, 0.2) is 36.7 Å². The Morgan fingerprint density at radius 3 is 2.72 bits per heavy atom. The summed E-state index contributed by atoms with van der Waals surface area (Å²) in [6.45, 7) is -0.422. The van der Waals surface area contributed by atoms with Crippen LogP contribution in [0.4, 0.5) is 5.82 Å². The number of anilines is 1. The minimum Gasteiger partial charge on any atom is -0.488 e. The lowest BCUT2D eigenvalue weighted by atomic mass is 10.1. The van der Waals surface area contributed by atoms with E-state index >= 15 is 0 Å². The van der Waals surface area contributed by atoms with Gasteiger partial charge < -0.3 is 30.1 Å². The second-order valence-electron chi connectivity index (χ2n) is 8.05. The van der Waals surface area contributed by atoms with Crippen molar-refractivity contribution in [3.63, 3.8) is 0 Å². The van der Waals surface area contributed by atoms with Crippen molar-refractivity contribution in [2.75, 3.05) is 11.9 Å². The van der Waals surface area contributed by atoms with Crippen molar-refractivity contribution < 1.29 is 24.8 Å². The second-order valence-corrected chi connectivity index (χ2v) is 8.38. The summed E-state index contributed by atoms with van der Waals surface area (Å²) in [5.74, 6) is 1.27. The van der Waals surface area contributed by atoms with Gasteiger partial charge in [-0.3, -0.25) is 4.57 Å². The van der Waals surface area contributed by atoms with Crippen molar-refractivity contribution in [1.29, 1.82) is 0 Å². The Morgan fingerprint density at radius 1 is 1.16 bits per heavy atom. The van der Waals surface area contributed by atoms with Gasteiger partial charge in [0.05, 0.1) is 19.0 Å². The molecule has 1 aromatic carbocycles. The molecule has 1 aliphatic carbocycles. The summed E-state index contributed by atoms with van der Waals surface area (Å²) < 4.78 is 13.3. The van der Waals surface area contributed by atoms with Crippen molar-refractivity contribution >= 4 is 28.6 Å². The molecule has 0 radical (unpaired) electrons.